The molecule has 0 saturated heterocycles. The van der Waals surface area contributed by atoms with Gasteiger partial charge >= 0.3 is 0 Å². The van der Waals surface area contributed by atoms with Crippen LogP contribution >= 0.6 is 0 Å². The maximum absolute atomic E-state index is 8.29. The minimum absolute atomic E-state index is 0.361. The van der Waals surface area contributed by atoms with E-state index in [9.17, 15) is 0 Å². The van der Waals surface area contributed by atoms with Gasteiger partial charge in [-0.25, -0.2) is 0 Å². The molecule has 0 aliphatic carbocycles. The van der Waals surface area contributed by atoms with Crippen molar-refractivity contribution in [1.29, 1.82) is 0 Å². The van der Waals surface area contributed by atoms with Crippen LogP contribution in [0, 0.1) is 0 Å². The van der Waals surface area contributed by atoms with Crippen molar-refractivity contribution in [3.8, 4) is 0 Å². The molecule has 0 unspecified atom stereocenters. The smallest absolute Gasteiger partial charge is 0.0431 e. The molecule has 1 heteroatoms. The molecule has 1 N–H and O–H groups in total. The number of fused-ring (bicyclic) bond motifs is 2. The second-order valence-corrected chi connectivity index (χ2v) is 5.33. The summed E-state index contributed by atoms with van der Waals surface area (Å²) in [6.07, 6.45) is 4.68. The molecule has 0 aliphatic heterocycles. The van der Waals surface area contributed by atoms with Crippen LogP contribution in [0.1, 0.15) is 32.6 Å². The first-order valence-corrected chi connectivity index (χ1v) is 7.83. The molecule has 0 spiro atoms. The van der Waals surface area contributed by atoms with E-state index in [0.29, 0.717) is 6.61 Å². The van der Waals surface area contributed by atoms with Crippen molar-refractivity contribution in [3.05, 3.63) is 60.7 Å². The summed E-state index contributed by atoms with van der Waals surface area (Å²) in [7, 11) is 0. The number of aliphatic hydroxyl groups is 1. The number of benzene rings is 3. The van der Waals surface area contributed by atoms with Crippen LogP contribution in [0.3, 0.4) is 0 Å². The van der Waals surface area contributed by atoms with Crippen LogP contribution in [0.15, 0.2) is 60.7 Å². The quantitative estimate of drug-likeness (QED) is 0.490. The number of aliphatic hydroxyl groups excluding tert-OH is 1. The van der Waals surface area contributed by atoms with Crippen molar-refractivity contribution >= 4 is 21.5 Å². The van der Waals surface area contributed by atoms with Gasteiger partial charge in [-0.3, -0.25) is 0 Å². The van der Waals surface area contributed by atoms with Crippen molar-refractivity contribution in [2.24, 2.45) is 0 Å². The van der Waals surface area contributed by atoms with Crippen molar-refractivity contribution in [3.63, 3.8) is 0 Å². The molecule has 0 heterocycles. The van der Waals surface area contributed by atoms with E-state index in [1.165, 1.54) is 40.8 Å². The number of hydrogen-bond donors (Lipinski definition) is 1. The number of rotatable bonds is 4. The predicted octanol–water partition coefficient (Wildman–Crippen LogP) is 5.55. The molecule has 0 atom stereocenters. The van der Waals surface area contributed by atoms with Crippen LogP contribution in [-0.4, -0.2) is 11.7 Å². The second-order valence-electron chi connectivity index (χ2n) is 5.33. The molecule has 0 bridgehead atoms. The summed E-state index contributed by atoms with van der Waals surface area (Å²) in [5.74, 6) is 0. The third kappa shape index (κ3) is 4.57. The average molecular weight is 280 g/mol. The third-order valence-corrected chi connectivity index (χ3v) is 3.63. The molecular weight excluding hydrogens is 256 g/mol. The lowest BCUT2D eigenvalue weighted by atomic mass is 10.0. The highest BCUT2D eigenvalue weighted by molar-refractivity contribution is 5.98. The lowest BCUT2D eigenvalue weighted by Gasteiger charge is -2.00. The Morgan fingerprint density at radius 2 is 1.10 bits per heavy atom. The summed E-state index contributed by atoms with van der Waals surface area (Å²) in [5.41, 5.74) is 0. The van der Waals surface area contributed by atoms with Gasteiger partial charge in [0, 0.05) is 6.61 Å². The van der Waals surface area contributed by atoms with Gasteiger partial charge in [0.1, 0.15) is 0 Å². The fraction of sp³-hybridized carbons (Fsp3) is 0.300. The van der Waals surface area contributed by atoms with Crippen molar-refractivity contribution in [2.75, 3.05) is 6.61 Å². The minimum Gasteiger partial charge on any atom is -0.396 e. The molecule has 0 radical (unpaired) electrons. The van der Waals surface area contributed by atoms with Crippen molar-refractivity contribution < 1.29 is 5.11 Å². The van der Waals surface area contributed by atoms with E-state index in [0.717, 1.165) is 6.42 Å². The van der Waals surface area contributed by atoms with Crippen LogP contribution in [0.5, 0.6) is 0 Å². The van der Waals surface area contributed by atoms with Crippen LogP contribution in [0.2, 0.25) is 0 Å². The number of hydrogen-bond acceptors (Lipinski definition) is 1. The van der Waals surface area contributed by atoms with Gasteiger partial charge in [0.05, 0.1) is 0 Å². The van der Waals surface area contributed by atoms with Gasteiger partial charge in [-0.2, -0.15) is 0 Å². The molecule has 3 aromatic carbocycles. The molecule has 110 valence electrons. The SMILES string of the molecule is CCCCCCO.c1ccc2cc3ccccc3cc2c1. The minimum atomic E-state index is 0.361. The zero-order valence-electron chi connectivity index (χ0n) is 12.8. The van der Waals surface area contributed by atoms with E-state index in [1.54, 1.807) is 0 Å². The molecule has 1 nitrogen and oxygen atoms in total. The zero-order chi connectivity index (χ0) is 14.9. The first-order chi connectivity index (χ1) is 10.3. The molecule has 0 aromatic heterocycles. The summed E-state index contributed by atoms with van der Waals surface area (Å²) in [6.45, 7) is 2.53. The van der Waals surface area contributed by atoms with Gasteiger partial charge in [-0.05, 0) is 40.1 Å². The van der Waals surface area contributed by atoms with Gasteiger partial charge in [-0.15, -0.1) is 0 Å². The monoisotopic (exact) mass is 280 g/mol. The second kappa shape index (κ2) is 8.43. The highest BCUT2D eigenvalue weighted by Crippen LogP contribution is 2.21. The Hall–Kier alpha value is -1.86. The molecule has 0 saturated carbocycles. The summed E-state index contributed by atoms with van der Waals surface area (Å²) in [4.78, 5) is 0. The van der Waals surface area contributed by atoms with Gasteiger partial charge in [0.2, 0.25) is 0 Å². The maximum Gasteiger partial charge on any atom is 0.0431 e. The van der Waals surface area contributed by atoms with E-state index < -0.39 is 0 Å². The van der Waals surface area contributed by atoms with Crippen LogP contribution in [-0.2, 0) is 0 Å². The van der Waals surface area contributed by atoms with E-state index in [-0.39, 0.29) is 0 Å². The zero-order valence-corrected chi connectivity index (χ0v) is 12.8. The van der Waals surface area contributed by atoms with Gasteiger partial charge in [0.25, 0.3) is 0 Å². The van der Waals surface area contributed by atoms with E-state index in [4.69, 9.17) is 5.11 Å². The largest absolute Gasteiger partial charge is 0.396 e. The van der Waals surface area contributed by atoms with E-state index >= 15 is 0 Å². The van der Waals surface area contributed by atoms with Crippen LogP contribution in [0.4, 0.5) is 0 Å². The Kier molecular flexibility index (Phi) is 6.23. The highest BCUT2D eigenvalue weighted by atomic mass is 16.2. The Bertz CT molecular complexity index is 564. The molecule has 21 heavy (non-hydrogen) atoms. The maximum atomic E-state index is 8.29. The predicted molar refractivity (Wildman–Crippen MR) is 92.7 cm³/mol. The third-order valence-electron chi connectivity index (χ3n) is 3.63. The topological polar surface area (TPSA) is 20.2 Å². The van der Waals surface area contributed by atoms with Crippen molar-refractivity contribution in [1.82, 2.24) is 0 Å². The Balaban J connectivity index is 0.000000199. The normalized spacial score (nSPS) is 10.4. The van der Waals surface area contributed by atoms with Crippen LogP contribution in [0.25, 0.3) is 21.5 Å². The molecular formula is C20H24O. The summed E-state index contributed by atoms with van der Waals surface area (Å²) in [5, 5.41) is 13.5. The molecule has 3 aromatic rings. The Morgan fingerprint density at radius 1 is 0.667 bits per heavy atom. The fourth-order valence-corrected chi connectivity index (χ4v) is 2.42. The lowest BCUT2D eigenvalue weighted by molar-refractivity contribution is 0.283. The van der Waals surface area contributed by atoms with Gasteiger partial charge < -0.3 is 5.11 Å². The van der Waals surface area contributed by atoms with Gasteiger partial charge in [-0.1, -0.05) is 74.7 Å². The van der Waals surface area contributed by atoms with E-state index in [1.807, 2.05) is 0 Å². The van der Waals surface area contributed by atoms with Crippen molar-refractivity contribution in [2.45, 2.75) is 32.6 Å². The molecule has 3 rings (SSSR count). The summed E-state index contributed by atoms with van der Waals surface area (Å²) >= 11 is 0. The average Bonchev–Trinajstić information content (AvgIpc) is 2.54. The van der Waals surface area contributed by atoms with E-state index in [2.05, 4.69) is 67.6 Å². The lowest BCUT2D eigenvalue weighted by Crippen LogP contribution is -1.80. The Morgan fingerprint density at radius 3 is 1.43 bits per heavy atom. The fourth-order valence-electron chi connectivity index (χ4n) is 2.42. The molecule has 0 aliphatic rings. The standard InChI is InChI=1S/C14H10.C6H14O/c1-2-6-12-10-14-8-4-3-7-13(14)9-11(12)5-1;1-2-3-4-5-6-7/h1-10H;7H,2-6H2,1H3. The highest BCUT2D eigenvalue weighted by Gasteiger charge is 1.95. The number of unbranched alkanes of at least 4 members (excludes halogenated alkanes) is 3. The van der Waals surface area contributed by atoms with Gasteiger partial charge in [0.15, 0.2) is 0 Å². The Labute approximate surface area is 127 Å². The summed E-state index contributed by atoms with van der Waals surface area (Å²) < 4.78 is 0. The molecule has 0 amide bonds. The first kappa shape index (κ1) is 15.5. The van der Waals surface area contributed by atoms with Crippen LogP contribution < -0.4 is 0 Å². The molecule has 0 fully saturated rings. The first-order valence-electron chi connectivity index (χ1n) is 7.83. The summed E-state index contributed by atoms with van der Waals surface area (Å²) in [6, 6.07) is 21.4.